The second-order valence-electron chi connectivity index (χ2n) is 4.96. The highest BCUT2D eigenvalue weighted by Crippen LogP contribution is 2.21. The minimum absolute atomic E-state index is 0.268. The van der Waals surface area contributed by atoms with Gasteiger partial charge in [-0.25, -0.2) is 13.8 Å². The van der Waals surface area contributed by atoms with Gasteiger partial charge in [0, 0.05) is 18.9 Å². The van der Waals surface area contributed by atoms with Crippen LogP contribution in [-0.4, -0.2) is 9.55 Å². The van der Waals surface area contributed by atoms with Crippen LogP contribution in [0.5, 0.6) is 0 Å². The summed E-state index contributed by atoms with van der Waals surface area (Å²) in [5.74, 6) is -0.539. The number of halogens is 2. The Morgan fingerprint density at radius 1 is 0.955 bits per heavy atom. The molecule has 2 aromatic carbocycles. The average Bonchev–Trinajstić information content (AvgIpc) is 3.03. The highest BCUT2D eigenvalue weighted by molar-refractivity contribution is 5.81. The van der Waals surface area contributed by atoms with Gasteiger partial charge in [-0.1, -0.05) is 24.3 Å². The molecule has 0 unspecified atom stereocenters. The van der Waals surface area contributed by atoms with Crippen LogP contribution in [0.1, 0.15) is 11.1 Å². The van der Waals surface area contributed by atoms with Crippen molar-refractivity contribution in [2.45, 2.75) is 6.54 Å². The van der Waals surface area contributed by atoms with Crippen molar-refractivity contribution in [3.63, 3.8) is 0 Å². The summed E-state index contributed by atoms with van der Waals surface area (Å²) in [5.41, 5.74) is 2.80. The van der Waals surface area contributed by atoms with Crippen LogP contribution < -0.4 is 0 Å². The van der Waals surface area contributed by atoms with Crippen LogP contribution in [0.3, 0.4) is 0 Å². The predicted octanol–water partition coefficient (Wildman–Crippen LogP) is 4.40. The number of rotatable bonds is 4. The first-order valence-corrected chi connectivity index (χ1v) is 6.88. The van der Waals surface area contributed by atoms with Gasteiger partial charge in [0.1, 0.15) is 11.6 Å². The molecule has 0 spiro atoms. The van der Waals surface area contributed by atoms with E-state index in [-0.39, 0.29) is 11.6 Å². The molecule has 0 aliphatic carbocycles. The smallest absolute Gasteiger partial charge is 0.123 e. The fourth-order valence-electron chi connectivity index (χ4n) is 2.22. The Labute approximate surface area is 127 Å². The van der Waals surface area contributed by atoms with Gasteiger partial charge in [0.05, 0.1) is 6.33 Å². The van der Waals surface area contributed by atoms with Gasteiger partial charge in [0.15, 0.2) is 0 Å². The molecule has 110 valence electrons. The van der Waals surface area contributed by atoms with Gasteiger partial charge in [0.2, 0.25) is 0 Å². The van der Waals surface area contributed by atoms with Crippen LogP contribution in [0.15, 0.2) is 67.3 Å². The lowest BCUT2D eigenvalue weighted by Crippen LogP contribution is -1.98. The monoisotopic (exact) mass is 296 g/mol. The number of hydrogen-bond acceptors (Lipinski definition) is 1. The molecule has 0 atom stereocenters. The van der Waals surface area contributed by atoms with Gasteiger partial charge in [-0.15, -0.1) is 0 Å². The van der Waals surface area contributed by atoms with Gasteiger partial charge in [-0.2, -0.15) is 0 Å². The zero-order valence-electron chi connectivity index (χ0n) is 11.8. The molecular formula is C18H14F2N2. The molecular weight excluding hydrogens is 282 g/mol. The van der Waals surface area contributed by atoms with Crippen LogP contribution >= 0.6 is 0 Å². The maximum Gasteiger partial charge on any atom is 0.123 e. The summed E-state index contributed by atoms with van der Waals surface area (Å²) in [4.78, 5) is 4.03. The topological polar surface area (TPSA) is 17.8 Å². The first-order chi connectivity index (χ1) is 10.7. The first kappa shape index (κ1) is 14.2. The van der Waals surface area contributed by atoms with Crippen molar-refractivity contribution in [3.05, 3.63) is 90.0 Å². The Kier molecular flexibility index (Phi) is 4.10. The van der Waals surface area contributed by atoms with Crippen molar-refractivity contribution in [1.82, 2.24) is 9.55 Å². The molecule has 0 saturated heterocycles. The van der Waals surface area contributed by atoms with Gasteiger partial charge >= 0.3 is 0 Å². The normalized spacial score (nSPS) is 11.6. The van der Waals surface area contributed by atoms with Crippen LogP contribution in [0.25, 0.3) is 11.6 Å². The van der Waals surface area contributed by atoms with Crippen LogP contribution in [0.4, 0.5) is 8.78 Å². The van der Waals surface area contributed by atoms with E-state index >= 15 is 0 Å². The molecule has 3 rings (SSSR count). The van der Waals surface area contributed by atoms with Crippen LogP contribution in [0.2, 0.25) is 0 Å². The van der Waals surface area contributed by atoms with E-state index in [9.17, 15) is 8.78 Å². The molecule has 1 heterocycles. The SMILES string of the molecule is Fc1ccc(/C=C(\Cn2ccnc2)c2ccc(F)cc2)cc1. The molecule has 1 aromatic heterocycles. The Morgan fingerprint density at radius 2 is 1.59 bits per heavy atom. The summed E-state index contributed by atoms with van der Waals surface area (Å²) in [7, 11) is 0. The Bertz CT molecular complexity index is 758. The summed E-state index contributed by atoms with van der Waals surface area (Å²) in [6.45, 7) is 0.600. The number of benzene rings is 2. The fraction of sp³-hybridized carbons (Fsp3) is 0.0556. The van der Waals surface area contributed by atoms with Gasteiger partial charge in [-0.3, -0.25) is 0 Å². The third-order valence-electron chi connectivity index (χ3n) is 3.34. The molecule has 0 radical (unpaired) electrons. The molecule has 2 nitrogen and oxygen atoms in total. The van der Waals surface area contributed by atoms with Gasteiger partial charge < -0.3 is 4.57 Å². The Hall–Kier alpha value is -2.75. The number of allylic oxidation sites excluding steroid dienone is 1. The third kappa shape index (κ3) is 3.47. The third-order valence-corrected chi connectivity index (χ3v) is 3.34. The predicted molar refractivity (Wildman–Crippen MR) is 82.9 cm³/mol. The van der Waals surface area contributed by atoms with E-state index < -0.39 is 0 Å². The fourth-order valence-corrected chi connectivity index (χ4v) is 2.22. The lowest BCUT2D eigenvalue weighted by Gasteiger charge is -2.09. The minimum atomic E-state index is -0.271. The number of aromatic nitrogens is 2. The highest BCUT2D eigenvalue weighted by Gasteiger charge is 2.04. The molecule has 0 saturated carbocycles. The molecule has 0 aliphatic rings. The highest BCUT2D eigenvalue weighted by atomic mass is 19.1. The zero-order chi connectivity index (χ0) is 15.4. The van der Waals surface area contributed by atoms with Crippen molar-refractivity contribution in [2.75, 3.05) is 0 Å². The minimum Gasteiger partial charge on any atom is -0.333 e. The maximum atomic E-state index is 13.1. The van der Waals surface area contributed by atoms with Gasteiger partial charge in [0.25, 0.3) is 0 Å². The lowest BCUT2D eigenvalue weighted by molar-refractivity contribution is 0.627. The zero-order valence-corrected chi connectivity index (χ0v) is 11.8. The van der Waals surface area contributed by atoms with Crippen molar-refractivity contribution < 1.29 is 8.78 Å². The molecule has 0 fully saturated rings. The van der Waals surface area contributed by atoms with E-state index in [2.05, 4.69) is 4.98 Å². The van der Waals surface area contributed by atoms with E-state index in [1.807, 2.05) is 16.8 Å². The van der Waals surface area contributed by atoms with Crippen molar-refractivity contribution in [3.8, 4) is 0 Å². The van der Waals surface area contributed by atoms with Crippen LogP contribution in [0, 0.1) is 11.6 Å². The van der Waals surface area contributed by atoms with Crippen molar-refractivity contribution in [1.29, 1.82) is 0 Å². The summed E-state index contributed by atoms with van der Waals surface area (Å²) >= 11 is 0. The second kappa shape index (κ2) is 6.35. The summed E-state index contributed by atoms with van der Waals surface area (Å²) in [5, 5.41) is 0. The van der Waals surface area contributed by atoms with Crippen molar-refractivity contribution >= 4 is 11.6 Å². The second-order valence-corrected chi connectivity index (χ2v) is 4.96. The molecule has 22 heavy (non-hydrogen) atoms. The number of nitrogens with zero attached hydrogens (tertiary/aromatic N) is 2. The van der Waals surface area contributed by atoms with E-state index in [4.69, 9.17) is 0 Å². The molecule has 0 bridgehead atoms. The molecule has 4 heteroatoms. The first-order valence-electron chi connectivity index (χ1n) is 6.88. The Balaban J connectivity index is 1.98. The van der Waals surface area contributed by atoms with E-state index in [0.717, 1.165) is 16.7 Å². The quantitative estimate of drug-likeness (QED) is 0.652. The molecule has 0 amide bonds. The number of imidazole rings is 1. The Morgan fingerprint density at radius 3 is 2.18 bits per heavy atom. The summed E-state index contributed by atoms with van der Waals surface area (Å²) in [6, 6.07) is 12.6. The lowest BCUT2D eigenvalue weighted by atomic mass is 10.0. The van der Waals surface area contributed by atoms with Gasteiger partial charge in [-0.05, 0) is 47.0 Å². The van der Waals surface area contributed by atoms with E-state index in [1.165, 1.54) is 24.3 Å². The summed E-state index contributed by atoms with van der Waals surface area (Å²) in [6.07, 6.45) is 7.26. The largest absolute Gasteiger partial charge is 0.333 e. The standard InChI is InChI=1S/C18H14F2N2/c19-17-5-1-14(2-6-17)11-16(12-22-10-9-21-13-22)15-3-7-18(20)8-4-15/h1-11,13H,12H2/b16-11+. The van der Waals surface area contributed by atoms with E-state index in [0.29, 0.717) is 6.54 Å². The number of hydrogen-bond donors (Lipinski definition) is 0. The van der Waals surface area contributed by atoms with Crippen LogP contribution in [-0.2, 0) is 6.54 Å². The van der Waals surface area contributed by atoms with Crippen molar-refractivity contribution in [2.24, 2.45) is 0 Å². The maximum absolute atomic E-state index is 13.1. The summed E-state index contributed by atoms with van der Waals surface area (Å²) < 4.78 is 28.1. The molecule has 0 N–H and O–H groups in total. The molecule has 3 aromatic rings. The van der Waals surface area contributed by atoms with E-state index in [1.54, 1.807) is 36.8 Å². The average molecular weight is 296 g/mol. The molecule has 0 aliphatic heterocycles.